The van der Waals surface area contributed by atoms with Gasteiger partial charge in [0, 0.05) is 65.4 Å². The van der Waals surface area contributed by atoms with Crippen molar-refractivity contribution < 1.29 is 38.1 Å². The van der Waals surface area contributed by atoms with Gasteiger partial charge in [-0.05, 0) is 45.2 Å². The summed E-state index contributed by atoms with van der Waals surface area (Å²) in [5, 5.41) is 0. The van der Waals surface area contributed by atoms with Gasteiger partial charge in [0.25, 0.3) is 0 Å². The number of hydrogen-bond donors (Lipinski definition) is 0. The first-order valence-corrected chi connectivity index (χ1v) is 29.2. The predicted octanol–water partition coefficient (Wildman–Crippen LogP) is 12.6. The molecule has 0 aliphatic heterocycles. The lowest BCUT2D eigenvalue weighted by molar-refractivity contribution is -0.145. The van der Waals surface area contributed by atoms with Crippen molar-refractivity contribution in [2.24, 2.45) is 0 Å². The van der Waals surface area contributed by atoms with Crippen molar-refractivity contribution in [1.29, 1.82) is 0 Å². The fourth-order valence-corrected chi connectivity index (χ4v) is 8.54. The van der Waals surface area contributed by atoms with Crippen LogP contribution in [0.1, 0.15) is 240 Å². The molecule has 12 heteroatoms. The minimum Gasteiger partial charge on any atom is -0.469 e. The van der Waals surface area contributed by atoms with Crippen LogP contribution in [-0.2, 0) is 38.1 Å². The highest BCUT2D eigenvalue weighted by atomic mass is 16.5. The van der Waals surface area contributed by atoms with E-state index in [-0.39, 0.29) is 30.3 Å². The summed E-state index contributed by atoms with van der Waals surface area (Å²) in [5.41, 5.74) is 0. The quantitative estimate of drug-likeness (QED) is 0.0328. The van der Waals surface area contributed by atoms with E-state index in [4.69, 9.17) is 18.9 Å². The number of carbonyl (C=O) groups excluding carboxylic acids is 4. The maximum atomic E-state index is 12.9. The van der Waals surface area contributed by atoms with Gasteiger partial charge in [-0.3, -0.25) is 19.2 Å². The van der Waals surface area contributed by atoms with E-state index in [2.05, 4.69) is 54.2 Å². The highest BCUT2D eigenvalue weighted by Crippen LogP contribution is 2.12. The van der Waals surface area contributed by atoms with E-state index in [1.807, 2.05) is 0 Å². The van der Waals surface area contributed by atoms with Crippen LogP contribution in [0.5, 0.6) is 0 Å². The Morgan fingerprint density at radius 2 is 0.478 bits per heavy atom. The van der Waals surface area contributed by atoms with Crippen molar-refractivity contribution in [2.45, 2.75) is 240 Å². The van der Waals surface area contributed by atoms with Gasteiger partial charge < -0.3 is 38.5 Å². The van der Waals surface area contributed by atoms with Crippen LogP contribution in [0.25, 0.3) is 0 Å². The molecule has 0 aliphatic carbocycles. The number of carbonyl (C=O) groups is 4. The number of esters is 4. The van der Waals surface area contributed by atoms with E-state index in [1.165, 1.54) is 123 Å². The second-order valence-corrected chi connectivity index (χ2v) is 19.7. The molecule has 0 atom stereocenters. The smallest absolute Gasteiger partial charge is 0.307 e. The highest BCUT2D eigenvalue weighted by molar-refractivity contribution is 5.70. The Balaban J connectivity index is 5.40. The molecule has 408 valence electrons. The van der Waals surface area contributed by atoms with E-state index < -0.39 is 0 Å². The fourth-order valence-electron chi connectivity index (χ4n) is 8.54. The first-order valence-electron chi connectivity index (χ1n) is 29.2. The van der Waals surface area contributed by atoms with E-state index in [9.17, 15) is 19.2 Å². The molecule has 0 aliphatic rings. The molecule has 69 heavy (non-hydrogen) atoms. The van der Waals surface area contributed by atoms with Gasteiger partial charge in [-0.1, -0.05) is 182 Å². The maximum Gasteiger partial charge on any atom is 0.307 e. The number of ether oxygens (including phenoxy) is 4. The third-order valence-electron chi connectivity index (χ3n) is 13.4. The van der Waals surface area contributed by atoms with Crippen LogP contribution in [0.4, 0.5) is 0 Å². The summed E-state index contributed by atoms with van der Waals surface area (Å²) in [4.78, 5) is 60.3. The van der Waals surface area contributed by atoms with Crippen molar-refractivity contribution in [3.05, 3.63) is 0 Å². The van der Waals surface area contributed by atoms with Gasteiger partial charge in [-0.2, -0.15) is 0 Å². The van der Waals surface area contributed by atoms with Crippen LogP contribution in [-0.4, -0.2) is 149 Å². The van der Waals surface area contributed by atoms with Crippen LogP contribution in [0.3, 0.4) is 0 Å². The number of methoxy groups -OCH3 is 1. The summed E-state index contributed by atoms with van der Waals surface area (Å²) < 4.78 is 21.9. The monoisotopic (exact) mass is 981 g/mol. The number of unbranched alkanes of at least 4 members (excludes halogenated alkanes) is 23. The third-order valence-corrected chi connectivity index (χ3v) is 13.4. The summed E-state index contributed by atoms with van der Waals surface area (Å²) >= 11 is 0. The zero-order valence-electron chi connectivity index (χ0n) is 46.3. The lowest BCUT2D eigenvalue weighted by atomic mass is 10.1. The van der Waals surface area contributed by atoms with E-state index in [0.717, 1.165) is 117 Å². The Morgan fingerprint density at radius 3 is 0.725 bits per heavy atom. The van der Waals surface area contributed by atoms with E-state index >= 15 is 0 Å². The van der Waals surface area contributed by atoms with Crippen LogP contribution in [0.15, 0.2) is 0 Å². The first-order chi connectivity index (χ1) is 33.7. The Labute approximate surface area is 425 Å². The summed E-state index contributed by atoms with van der Waals surface area (Å²) in [6.07, 6.45) is 34.5. The second-order valence-electron chi connectivity index (χ2n) is 19.7. The first kappa shape index (κ1) is 66.7. The molecule has 0 amide bonds. The molecular weight excluding hydrogens is 869 g/mol. The molecule has 0 rings (SSSR count). The zero-order chi connectivity index (χ0) is 50.7. The molecule has 0 saturated carbocycles. The number of hydrogen-bond acceptors (Lipinski definition) is 12. The Morgan fingerprint density at radius 1 is 0.261 bits per heavy atom. The molecule has 0 bridgehead atoms. The molecule has 0 radical (unpaired) electrons. The van der Waals surface area contributed by atoms with Crippen LogP contribution >= 0.6 is 0 Å². The second kappa shape index (κ2) is 52.1. The number of nitrogens with zero attached hydrogens (tertiary/aromatic N) is 4. The summed E-state index contributed by atoms with van der Waals surface area (Å²) in [5.74, 6) is -0.736. The normalized spacial score (nSPS) is 11.6. The van der Waals surface area contributed by atoms with Crippen molar-refractivity contribution >= 4 is 23.9 Å². The minimum atomic E-state index is -0.243. The fraction of sp³-hybridized carbons (Fsp3) is 0.930. The minimum absolute atomic E-state index is 0.161. The standard InChI is InChI=1S/C57H112N4O8/c1-7-12-17-20-23-26-29-32-51-67-55(63)36-42-60(41-35-54(62)66-6)49-47-58(39-15-10-4)45-46-59(40-16-11-5)48-50-61(43-37-56(64)68-52-33-30-27-24-21-18-13-8-2)44-38-57(65)69-53-34-31-28-25-22-19-14-9-3/h7-53H2,1-6H3. The Hall–Kier alpha value is -2.28. The van der Waals surface area contributed by atoms with Crippen molar-refractivity contribution in [1.82, 2.24) is 19.6 Å². The van der Waals surface area contributed by atoms with Gasteiger partial charge in [-0.25, -0.2) is 0 Å². The Bertz CT molecular complexity index is 1120. The topological polar surface area (TPSA) is 118 Å². The molecular formula is C57H112N4O8. The largest absolute Gasteiger partial charge is 0.469 e. The van der Waals surface area contributed by atoms with Gasteiger partial charge in [0.15, 0.2) is 0 Å². The van der Waals surface area contributed by atoms with Crippen LogP contribution in [0.2, 0.25) is 0 Å². The molecule has 0 aromatic carbocycles. The van der Waals surface area contributed by atoms with Gasteiger partial charge >= 0.3 is 23.9 Å². The average Bonchev–Trinajstić information content (AvgIpc) is 3.35. The summed E-state index contributed by atoms with van der Waals surface area (Å²) in [6, 6.07) is 0. The maximum absolute atomic E-state index is 12.9. The van der Waals surface area contributed by atoms with Gasteiger partial charge in [0.1, 0.15) is 0 Å². The molecule has 0 fully saturated rings. The molecule has 0 spiro atoms. The zero-order valence-corrected chi connectivity index (χ0v) is 46.3. The molecule has 0 saturated heterocycles. The number of rotatable bonds is 54. The van der Waals surface area contributed by atoms with Crippen molar-refractivity contribution in [3.8, 4) is 0 Å². The summed E-state index contributed by atoms with van der Waals surface area (Å²) in [7, 11) is 1.42. The summed E-state index contributed by atoms with van der Waals surface area (Å²) in [6.45, 7) is 21.8. The lowest BCUT2D eigenvalue weighted by Crippen LogP contribution is -2.43. The lowest BCUT2D eigenvalue weighted by Gasteiger charge is -2.31. The van der Waals surface area contributed by atoms with Gasteiger partial charge in [-0.15, -0.1) is 0 Å². The van der Waals surface area contributed by atoms with Crippen LogP contribution < -0.4 is 0 Å². The van der Waals surface area contributed by atoms with E-state index in [1.54, 1.807) is 0 Å². The Kier molecular flexibility index (Phi) is 50.3. The molecule has 12 nitrogen and oxygen atoms in total. The van der Waals surface area contributed by atoms with Gasteiger partial charge in [0.05, 0.1) is 52.6 Å². The third kappa shape index (κ3) is 46.5. The molecule has 0 N–H and O–H groups in total. The van der Waals surface area contributed by atoms with E-state index in [0.29, 0.717) is 65.3 Å². The van der Waals surface area contributed by atoms with Gasteiger partial charge in [0.2, 0.25) is 0 Å². The highest BCUT2D eigenvalue weighted by Gasteiger charge is 2.18. The van der Waals surface area contributed by atoms with Crippen LogP contribution in [0, 0.1) is 0 Å². The molecule has 0 unspecified atom stereocenters. The van der Waals surface area contributed by atoms with Crippen molar-refractivity contribution in [2.75, 3.05) is 105 Å². The molecule has 0 aromatic heterocycles. The van der Waals surface area contributed by atoms with Crippen molar-refractivity contribution in [3.63, 3.8) is 0 Å². The molecule has 0 aromatic rings. The predicted molar refractivity (Wildman–Crippen MR) is 287 cm³/mol. The average molecular weight is 982 g/mol. The SMILES string of the molecule is CCCCCCCCCCOC(=O)CCN(CCC(=O)OC)CCN(CCCC)CCN(CCCC)CCN(CCC(=O)OCCCCCCCCCC)CCC(=O)OCCCCCCCCCC. The molecule has 0 heterocycles.